The molecule has 0 bridgehead atoms. The Bertz CT molecular complexity index is 692. The van der Waals surface area contributed by atoms with Crippen molar-refractivity contribution in [3.63, 3.8) is 0 Å². The van der Waals surface area contributed by atoms with Crippen LogP contribution in [0.25, 0.3) is 0 Å². The van der Waals surface area contributed by atoms with Gasteiger partial charge in [0.2, 0.25) is 5.91 Å². The summed E-state index contributed by atoms with van der Waals surface area (Å²) >= 11 is 11.9. The molecule has 0 saturated heterocycles. The van der Waals surface area contributed by atoms with E-state index in [-0.39, 0.29) is 35.1 Å². The summed E-state index contributed by atoms with van der Waals surface area (Å²) < 4.78 is 5.71. The molecule has 0 heterocycles. The zero-order valence-corrected chi connectivity index (χ0v) is 19.4. The van der Waals surface area contributed by atoms with Crippen LogP contribution in [-0.2, 0) is 9.45 Å². The number of hydrogen-bond donors (Lipinski definition) is 4. The molecule has 1 aromatic carbocycles. The zero-order valence-electron chi connectivity index (χ0n) is 17.9. The van der Waals surface area contributed by atoms with Crippen molar-refractivity contribution in [3.05, 3.63) is 33.8 Å². The van der Waals surface area contributed by atoms with E-state index < -0.39 is 12.0 Å². The minimum Gasteiger partial charge on any atom is -0.435 e. The van der Waals surface area contributed by atoms with Crippen LogP contribution in [-0.4, -0.2) is 62.2 Å². The number of rotatable bonds is 13. The number of amides is 2. The van der Waals surface area contributed by atoms with E-state index in [0.717, 1.165) is 0 Å². The molecule has 1 rings (SSSR count). The molecule has 1 aromatic rings. The zero-order chi connectivity index (χ0) is 22.7. The molecule has 4 N–H and O–H groups in total. The Balaban J connectivity index is 2.49. The smallest absolute Gasteiger partial charge is 0.317 e. The van der Waals surface area contributed by atoms with Crippen LogP contribution < -0.4 is 16.0 Å². The third-order valence-corrected chi connectivity index (χ3v) is 4.57. The molecule has 0 aliphatic carbocycles. The van der Waals surface area contributed by atoms with Crippen LogP contribution in [0.4, 0.5) is 0 Å². The fraction of sp³-hybridized carbons (Fsp3) is 0.600. The molecule has 0 saturated carbocycles. The quantitative estimate of drug-likeness (QED) is 0.339. The highest BCUT2D eigenvalue weighted by molar-refractivity contribution is 6.35. The van der Waals surface area contributed by atoms with Crippen LogP contribution >= 0.6 is 23.2 Å². The van der Waals surface area contributed by atoms with Gasteiger partial charge >= 0.3 is 7.48 Å². The molecule has 7 nitrogen and oxygen atoms in total. The third kappa shape index (κ3) is 11.2. The van der Waals surface area contributed by atoms with Crippen molar-refractivity contribution in [1.82, 2.24) is 16.0 Å². The molecule has 0 aromatic heterocycles. The normalized spacial score (nSPS) is 14.1. The van der Waals surface area contributed by atoms with Crippen LogP contribution in [0.1, 0.15) is 44.5 Å². The van der Waals surface area contributed by atoms with Crippen LogP contribution in [0.2, 0.25) is 10.0 Å². The second kappa shape index (κ2) is 13.9. The minimum atomic E-state index is -0.476. The number of carbonyl (C=O) groups excluding carboxylic acids is 2. The molecule has 1 radical (unpaired) electrons. The average Bonchev–Trinajstić information content (AvgIpc) is 2.65. The molecule has 30 heavy (non-hydrogen) atoms. The highest BCUT2D eigenvalue weighted by Crippen LogP contribution is 2.20. The number of aliphatic hydroxyl groups excluding tert-OH is 1. The van der Waals surface area contributed by atoms with E-state index in [1.54, 1.807) is 20.5 Å². The van der Waals surface area contributed by atoms with Gasteiger partial charge in [0.15, 0.2) is 0 Å². The summed E-state index contributed by atoms with van der Waals surface area (Å²) in [5.41, 5.74) is 0.212. The van der Waals surface area contributed by atoms with Gasteiger partial charge in [-0.3, -0.25) is 9.59 Å². The molecule has 10 heteroatoms. The van der Waals surface area contributed by atoms with Gasteiger partial charge in [0, 0.05) is 30.2 Å². The summed E-state index contributed by atoms with van der Waals surface area (Å²) in [6, 6.07) is 4.56. The van der Waals surface area contributed by atoms with Crippen molar-refractivity contribution >= 4 is 42.5 Å². The first kappa shape index (κ1) is 26.7. The van der Waals surface area contributed by atoms with Crippen LogP contribution in [0.5, 0.6) is 0 Å². The third-order valence-electron chi connectivity index (χ3n) is 4.00. The minimum absolute atomic E-state index is 0.125. The Labute approximate surface area is 189 Å². The standard InChI is InChI=1S/C20H31BCl2N3O4/c1-12(2)7-18(21-30-14(4)10-24-9-13(3)27)26-19(28)11-25-20(29)16-8-15(22)5-6-17(16)23/h5-6,8,12-14,18,24,27H,7,9-11H2,1-4H3,(H,25,29)(H,26,28). The number of benzene rings is 1. The summed E-state index contributed by atoms with van der Waals surface area (Å²) in [7, 11) is 1.61. The van der Waals surface area contributed by atoms with Crippen LogP contribution in [0.15, 0.2) is 18.2 Å². The first-order chi connectivity index (χ1) is 14.1. The van der Waals surface area contributed by atoms with Crippen molar-refractivity contribution in [2.75, 3.05) is 19.6 Å². The molecule has 0 aliphatic heterocycles. The van der Waals surface area contributed by atoms with E-state index in [1.807, 2.05) is 20.8 Å². The van der Waals surface area contributed by atoms with E-state index in [9.17, 15) is 14.7 Å². The lowest BCUT2D eigenvalue weighted by molar-refractivity contribution is -0.120. The molecule has 0 fully saturated rings. The number of nitrogens with one attached hydrogen (secondary N) is 3. The number of halogens is 2. The topological polar surface area (TPSA) is 99.7 Å². The van der Waals surface area contributed by atoms with Gasteiger partial charge in [-0.15, -0.1) is 0 Å². The first-order valence-electron chi connectivity index (χ1n) is 9.98. The lowest BCUT2D eigenvalue weighted by atomic mass is 9.81. The molecule has 3 atom stereocenters. The molecule has 167 valence electrons. The van der Waals surface area contributed by atoms with Crippen molar-refractivity contribution in [2.45, 2.75) is 52.3 Å². The van der Waals surface area contributed by atoms with E-state index >= 15 is 0 Å². The molecule has 0 spiro atoms. The Morgan fingerprint density at radius 3 is 2.50 bits per heavy atom. The SMILES string of the molecule is CC(C)CC([B]OC(C)CNCC(C)O)NC(=O)CNC(=O)c1cc(Cl)ccc1Cl. The lowest BCUT2D eigenvalue weighted by Crippen LogP contribution is -2.46. The van der Waals surface area contributed by atoms with E-state index in [2.05, 4.69) is 16.0 Å². The predicted molar refractivity (Wildman–Crippen MR) is 121 cm³/mol. The molecule has 2 amide bonds. The molecular formula is C20H31BCl2N3O4. The summed E-state index contributed by atoms with van der Waals surface area (Å²) in [4.78, 5) is 24.6. The van der Waals surface area contributed by atoms with E-state index in [0.29, 0.717) is 30.5 Å². The number of hydrogen-bond acceptors (Lipinski definition) is 5. The monoisotopic (exact) mass is 458 g/mol. The van der Waals surface area contributed by atoms with Gasteiger partial charge in [-0.25, -0.2) is 0 Å². The van der Waals surface area contributed by atoms with Gasteiger partial charge in [-0.2, -0.15) is 0 Å². The molecule has 0 aliphatic rings. The fourth-order valence-electron chi connectivity index (χ4n) is 2.61. The van der Waals surface area contributed by atoms with Crippen molar-refractivity contribution in [2.24, 2.45) is 5.92 Å². The first-order valence-corrected chi connectivity index (χ1v) is 10.7. The van der Waals surface area contributed by atoms with Crippen LogP contribution in [0.3, 0.4) is 0 Å². The number of aliphatic hydroxyl groups is 1. The van der Waals surface area contributed by atoms with E-state index in [1.165, 1.54) is 12.1 Å². The Morgan fingerprint density at radius 1 is 1.17 bits per heavy atom. The van der Waals surface area contributed by atoms with Crippen molar-refractivity contribution in [3.8, 4) is 0 Å². The van der Waals surface area contributed by atoms with Crippen molar-refractivity contribution in [1.29, 1.82) is 0 Å². The van der Waals surface area contributed by atoms with Crippen LogP contribution in [0, 0.1) is 5.92 Å². The summed E-state index contributed by atoms with van der Waals surface area (Å²) in [6.07, 6.45) is 0.138. The van der Waals surface area contributed by atoms with E-state index in [4.69, 9.17) is 27.9 Å². The average molecular weight is 459 g/mol. The maximum atomic E-state index is 12.3. The maximum Gasteiger partial charge on any atom is 0.317 e. The van der Waals surface area contributed by atoms with Gasteiger partial charge in [-0.05, 0) is 44.4 Å². The predicted octanol–water partition coefficient (Wildman–Crippen LogP) is 2.21. The Kier molecular flexibility index (Phi) is 12.4. The van der Waals surface area contributed by atoms with Crippen molar-refractivity contribution < 1.29 is 19.3 Å². The Morgan fingerprint density at radius 2 is 1.87 bits per heavy atom. The Hall–Kier alpha value is -1.32. The molecular weight excluding hydrogens is 428 g/mol. The van der Waals surface area contributed by atoms with Gasteiger partial charge in [-0.1, -0.05) is 37.0 Å². The van der Waals surface area contributed by atoms with Gasteiger partial charge in [0.05, 0.1) is 23.2 Å². The summed E-state index contributed by atoms with van der Waals surface area (Å²) in [6.45, 7) is 8.55. The summed E-state index contributed by atoms with van der Waals surface area (Å²) in [5, 5.41) is 18.4. The second-order valence-electron chi connectivity index (χ2n) is 7.70. The maximum absolute atomic E-state index is 12.3. The lowest BCUT2D eigenvalue weighted by Gasteiger charge is -2.22. The van der Waals surface area contributed by atoms with Gasteiger partial charge < -0.3 is 25.7 Å². The highest BCUT2D eigenvalue weighted by atomic mass is 35.5. The highest BCUT2D eigenvalue weighted by Gasteiger charge is 2.19. The summed E-state index contributed by atoms with van der Waals surface area (Å²) in [5.74, 6) is -0.787. The number of carbonyl (C=O) groups is 2. The molecule has 3 unspecified atom stereocenters. The largest absolute Gasteiger partial charge is 0.435 e. The second-order valence-corrected chi connectivity index (χ2v) is 8.54. The fourth-order valence-corrected chi connectivity index (χ4v) is 2.99. The van der Waals surface area contributed by atoms with Gasteiger partial charge in [0.25, 0.3) is 5.91 Å². The van der Waals surface area contributed by atoms with Gasteiger partial charge in [0.1, 0.15) is 0 Å².